The van der Waals surface area contributed by atoms with Crippen molar-refractivity contribution in [1.29, 1.82) is 0 Å². The summed E-state index contributed by atoms with van der Waals surface area (Å²) < 4.78 is 19.8. The summed E-state index contributed by atoms with van der Waals surface area (Å²) >= 11 is 0. The van der Waals surface area contributed by atoms with Crippen molar-refractivity contribution in [1.82, 2.24) is 14.5 Å². The zero-order valence-electron chi connectivity index (χ0n) is 21.1. The van der Waals surface area contributed by atoms with E-state index >= 15 is 0 Å². The van der Waals surface area contributed by atoms with Crippen molar-refractivity contribution in [2.45, 2.75) is 39.3 Å². The maximum Gasteiger partial charge on any atom is 0.295 e. The number of nitrogens with zero attached hydrogens (tertiary/aromatic N) is 4. The van der Waals surface area contributed by atoms with Crippen LogP contribution in [0.2, 0.25) is 0 Å². The van der Waals surface area contributed by atoms with Gasteiger partial charge in [-0.25, -0.2) is 0 Å². The van der Waals surface area contributed by atoms with E-state index in [-0.39, 0.29) is 11.7 Å². The van der Waals surface area contributed by atoms with Crippen LogP contribution in [0.3, 0.4) is 0 Å². The first kappa shape index (κ1) is 24.6. The monoisotopic (exact) mass is 505 g/mol. The van der Waals surface area contributed by atoms with Crippen LogP contribution in [0.25, 0.3) is 16.8 Å². The Morgan fingerprint density at radius 3 is 2.38 bits per heavy atom. The van der Waals surface area contributed by atoms with E-state index < -0.39 is 4.92 Å². The number of rotatable bonds is 10. The highest BCUT2D eigenvalue weighted by molar-refractivity contribution is 5.77. The highest BCUT2D eigenvalue weighted by Crippen LogP contribution is 2.35. The Hall–Kier alpha value is -4.05. The van der Waals surface area contributed by atoms with Crippen LogP contribution in [-0.4, -0.2) is 51.7 Å². The van der Waals surface area contributed by atoms with Crippen LogP contribution in [0.1, 0.15) is 32.3 Å². The van der Waals surface area contributed by atoms with Crippen LogP contribution in [-0.2, 0) is 6.54 Å². The molecule has 1 aliphatic rings. The molecule has 1 aliphatic heterocycles. The molecule has 0 radical (unpaired) electrons. The van der Waals surface area contributed by atoms with E-state index in [0.717, 1.165) is 55.2 Å². The van der Waals surface area contributed by atoms with E-state index in [4.69, 9.17) is 13.9 Å². The molecule has 37 heavy (non-hydrogen) atoms. The molecule has 0 atom stereocenters. The van der Waals surface area contributed by atoms with Crippen LogP contribution in [0.5, 0.6) is 11.5 Å². The molecule has 0 saturated carbocycles. The Bertz CT molecular complexity index is 1330. The maximum atomic E-state index is 11.0. The number of oxazole rings is 1. The second-order valence-electron chi connectivity index (χ2n) is 9.02. The molecule has 3 heterocycles. The first-order chi connectivity index (χ1) is 18.0. The maximum absolute atomic E-state index is 11.0. The second-order valence-corrected chi connectivity index (χ2v) is 9.02. The number of benzene rings is 2. The number of anilines is 1. The summed E-state index contributed by atoms with van der Waals surface area (Å²) in [6.45, 7) is 7.75. The molecule has 1 saturated heterocycles. The lowest BCUT2D eigenvalue weighted by molar-refractivity contribution is -0.384. The summed E-state index contributed by atoms with van der Waals surface area (Å²) in [5.74, 6) is 1.62. The van der Waals surface area contributed by atoms with Gasteiger partial charge in [0.2, 0.25) is 0 Å². The van der Waals surface area contributed by atoms with Gasteiger partial charge in [-0.15, -0.1) is 0 Å². The summed E-state index contributed by atoms with van der Waals surface area (Å²) in [7, 11) is 0. The fraction of sp³-hybridized carbons (Fsp3) is 0.370. The molecule has 0 amide bonds. The van der Waals surface area contributed by atoms with E-state index in [9.17, 15) is 10.1 Å². The van der Waals surface area contributed by atoms with E-state index in [1.165, 1.54) is 12.1 Å². The lowest BCUT2D eigenvalue weighted by Crippen LogP contribution is -2.38. The average Bonchev–Trinajstić information content (AvgIpc) is 3.55. The predicted molar refractivity (Wildman–Crippen MR) is 141 cm³/mol. The van der Waals surface area contributed by atoms with E-state index in [1.807, 2.05) is 42.9 Å². The third-order valence-corrected chi connectivity index (χ3v) is 6.47. The van der Waals surface area contributed by atoms with Crippen molar-refractivity contribution in [3.05, 3.63) is 70.5 Å². The number of ether oxygens (including phenoxy) is 2. The molecule has 0 spiro atoms. The van der Waals surface area contributed by atoms with E-state index in [2.05, 4.69) is 27.3 Å². The predicted octanol–water partition coefficient (Wildman–Crippen LogP) is 5.40. The number of aromatic nitrogens is 2. The minimum atomic E-state index is -0.431. The summed E-state index contributed by atoms with van der Waals surface area (Å²) in [5, 5.41) is 14.4. The van der Waals surface area contributed by atoms with Crippen LogP contribution >= 0.6 is 0 Å². The van der Waals surface area contributed by atoms with Gasteiger partial charge in [-0.2, -0.15) is 4.98 Å². The SMILES string of the molecule is CCOc1cc(CN2CCC(Nc3nc4cc([N+](=O)[O-])ccc4o3)CC2)cc(OCC)c1-n1cccc1. The molecule has 1 fully saturated rings. The minimum Gasteiger partial charge on any atom is -0.492 e. The van der Waals surface area contributed by atoms with Crippen LogP contribution < -0.4 is 14.8 Å². The Labute approximate surface area is 214 Å². The number of fused-ring (bicyclic) bond motifs is 1. The molecule has 4 aromatic rings. The lowest BCUT2D eigenvalue weighted by atomic mass is 10.0. The molecule has 2 aromatic carbocycles. The summed E-state index contributed by atoms with van der Waals surface area (Å²) in [4.78, 5) is 17.4. The van der Waals surface area contributed by atoms with Gasteiger partial charge in [0.05, 0.1) is 18.1 Å². The van der Waals surface area contributed by atoms with Gasteiger partial charge in [0, 0.05) is 50.2 Å². The van der Waals surface area contributed by atoms with E-state index in [1.54, 1.807) is 6.07 Å². The number of hydrogen-bond donors (Lipinski definition) is 1. The lowest BCUT2D eigenvalue weighted by Gasteiger charge is -2.32. The minimum absolute atomic E-state index is 0.00189. The third kappa shape index (κ3) is 5.54. The summed E-state index contributed by atoms with van der Waals surface area (Å²) in [5.41, 5.74) is 3.08. The van der Waals surface area contributed by atoms with Crippen molar-refractivity contribution >= 4 is 22.8 Å². The van der Waals surface area contributed by atoms with Gasteiger partial charge >= 0.3 is 0 Å². The fourth-order valence-corrected chi connectivity index (χ4v) is 4.76. The zero-order chi connectivity index (χ0) is 25.8. The normalized spacial score (nSPS) is 14.6. The zero-order valence-corrected chi connectivity index (χ0v) is 21.1. The van der Waals surface area contributed by atoms with Gasteiger partial charge in [0.25, 0.3) is 11.7 Å². The van der Waals surface area contributed by atoms with Crippen molar-refractivity contribution in [3.8, 4) is 17.2 Å². The number of non-ortho nitro benzene ring substituents is 1. The number of likely N-dealkylation sites (tertiary alicyclic amines) is 1. The Balaban J connectivity index is 1.24. The molecule has 2 aromatic heterocycles. The van der Waals surface area contributed by atoms with Crippen molar-refractivity contribution < 1.29 is 18.8 Å². The molecule has 0 aliphatic carbocycles. The summed E-state index contributed by atoms with van der Waals surface area (Å²) in [6, 6.07) is 13.3. The molecule has 10 heteroatoms. The topological polar surface area (TPSA) is 108 Å². The highest BCUT2D eigenvalue weighted by atomic mass is 16.6. The first-order valence-corrected chi connectivity index (χ1v) is 12.6. The molecular weight excluding hydrogens is 474 g/mol. The van der Waals surface area contributed by atoms with Crippen molar-refractivity contribution in [2.75, 3.05) is 31.6 Å². The first-order valence-electron chi connectivity index (χ1n) is 12.6. The largest absolute Gasteiger partial charge is 0.492 e. The van der Waals surface area contributed by atoms with Crippen LogP contribution in [0.15, 0.2) is 59.3 Å². The third-order valence-electron chi connectivity index (χ3n) is 6.47. The molecule has 10 nitrogen and oxygen atoms in total. The number of piperidine rings is 1. The van der Waals surface area contributed by atoms with Gasteiger partial charge in [-0.1, -0.05) is 0 Å². The molecule has 1 N–H and O–H groups in total. The quantitative estimate of drug-likeness (QED) is 0.225. The Kier molecular flexibility index (Phi) is 7.27. The second kappa shape index (κ2) is 10.9. The van der Waals surface area contributed by atoms with Crippen LogP contribution in [0.4, 0.5) is 11.7 Å². The van der Waals surface area contributed by atoms with Crippen LogP contribution in [0, 0.1) is 10.1 Å². The number of nitro benzene ring substituents is 1. The number of nitrogens with one attached hydrogen (secondary N) is 1. The van der Waals surface area contributed by atoms with Gasteiger partial charge in [-0.05, 0) is 62.6 Å². The Morgan fingerprint density at radius 1 is 1.08 bits per heavy atom. The van der Waals surface area contributed by atoms with Crippen molar-refractivity contribution in [3.63, 3.8) is 0 Å². The molecule has 194 valence electrons. The molecule has 0 bridgehead atoms. The molecule has 0 unspecified atom stereocenters. The van der Waals surface area contributed by atoms with Gasteiger partial charge in [0.15, 0.2) is 5.58 Å². The van der Waals surface area contributed by atoms with Gasteiger partial charge in [0.1, 0.15) is 22.7 Å². The van der Waals surface area contributed by atoms with Crippen molar-refractivity contribution in [2.24, 2.45) is 0 Å². The number of nitro groups is 1. The number of hydrogen-bond acceptors (Lipinski definition) is 8. The average molecular weight is 506 g/mol. The molecular formula is C27H31N5O5. The Morgan fingerprint density at radius 2 is 1.76 bits per heavy atom. The fourth-order valence-electron chi connectivity index (χ4n) is 4.76. The van der Waals surface area contributed by atoms with Gasteiger partial charge in [-0.3, -0.25) is 15.0 Å². The standard InChI is InChI=1S/C27H31N5O5/c1-3-35-24-15-19(16-25(36-4-2)26(24)31-11-5-6-12-31)18-30-13-9-20(10-14-30)28-27-29-22-17-21(32(33)34)7-8-23(22)37-27/h5-8,11-12,15-17,20H,3-4,9-10,13-14,18H2,1-2H3,(H,28,29). The van der Waals surface area contributed by atoms with Gasteiger partial charge < -0.3 is 23.8 Å². The smallest absolute Gasteiger partial charge is 0.295 e. The summed E-state index contributed by atoms with van der Waals surface area (Å²) in [6.07, 6.45) is 5.85. The molecule has 5 rings (SSSR count). The van der Waals surface area contributed by atoms with E-state index in [0.29, 0.717) is 30.3 Å². The highest BCUT2D eigenvalue weighted by Gasteiger charge is 2.23.